The molecule has 178 valence electrons. The van der Waals surface area contributed by atoms with Crippen LogP contribution in [0, 0.1) is 24.2 Å². The molecule has 2 aromatic heterocycles. The van der Waals surface area contributed by atoms with E-state index in [0.717, 1.165) is 31.2 Å². The van der Waals surface area contributed by atoms with Gasteiger partial charge in [-0.1, -0.05) is 48.0 Å². The molecule has 2 atom stereocenters. The first-order valence-electron chi connectivity index (χ1n) is 11.8. The van der Waals surface area contributed by atoms with Crippen molar-refractivity contribution < 1.29 is 14.1 Å². The summed E-state index contributed by atoms with van der Waals surface area (Å²) >= 11 is 0. The average Bonchev–Trinajstić information content (AvgIpc) is 3.28. The molecule has 0 saturated heterocycles. The number of amides is 1. The first kappa shape index (κ1) is 22.7. The number of hydrogen-bond acceptors (Lipinski definition) is 6. The molecular weight excluding hydrogens is 444 g/mol. The molecule has 8 heteroatoms. The number of alkyl carbamates (subject to hydrolysis) is 1. The SMILES string of the molecule is Cc1onc2c1c(=O)n(C1CCCC(CNC(=O)OCc3ccccc3)C1)c1cccc(C#N)c21. The summed E-state index contributed by atoms with van der Waals surface area (Å²) in [4.78, 5) is 25.8. The molecule has 1 aliphatic carbocycles. The Labute approximate surface area is 202 Å². The quantitative estimate of drug-likeness (QED) is 0.440. The van der Waals surface area contributed by atoms with Crippen molar-refractivity contribution in [2.45, 2.75) is 45.3 Å². The molecular formula is C27H26N4O4. The summed E-state index contributed by atoms with van der Waals surface area (Å²) in [5.41, 5.74) is 2.37. The molecule has 0 spiro atoms. The van der Waals surface area contributed by atoms with Crippen molar-refractivity contribution in [2.24, 2.45) is 5.92 Å². The van der Waals surface area contributed by atoms with Crippen molar-refractivity contribution >= 4 is 27.9 Å². The van der Waals surface area contributed by atoms with Crippen LogP contribution in [-0.4, -0.2) is 22.4 Å². The number of hydrogen-bond donors (Lipinski definition) is 1. The van der Waals surface area contributed by atoms with Crippen LogP contribution in [0.15, 0.2) is 57.8 Å². The highest BCUT2D eigenvalue weighted by molar-refractivity contribution is 6.06. The molecule has 0 bridgehead atoms. The zero-order valence-corrected chi connectivity index (χ0v) is 19.5. The van der Waals surface area contributed by atoms with Crippen molar-refractivity contribution in [3.8, 4) is 6.07 Å². The molecule has 0 aliphatic heterocycles. The fraction of sp³-hybridized carbons (Fsp3) is 0.333. The van der Waals surface area contributed by atoms with Gasteiger partial charge in [-0.05, 0) is 49.8 Å². The number of rotatable bonds is 5. The van der Waals surface area contributed by atoms with Crippen LogP contribution >= 0.6 is 0 Å². The van der Waals surface area contributed by atoms with Crippen molar-refractivity contribution in [3.63, 3.8) is 0 Å². The number of fused-ring (bicyclic) bond motifs is 3. The van der Waals surface area contributed by atoms with Crippen molar-refractivity contribution in [3.05, 3.63) is 75.8 Å². The number of nitrogens with zero attached hydrogens (tertiary/aromatic N) is 3. The second-order valence-corrected chi connectivity index (χ2v) is 9.08. The summed E-state index contributed by atoms with van der Waals surface area (Å²) in [6.45, 7) is 2.42. The van der Waals surface area contributed by atoms with Crippen LogP contribution in [0.4, 0.5) is 4.79 Å². The number of aromatic nitrogens is 2. The summed E-state index contributed by atoms with van der Waals surface area (Å²) in [5.74, 6) is 0.655. The van der Waals surface area contributed by atoms with Gasteiger partial charge in [0.1, 0.15) is 23.3 Å². The minimum absolute atomic E-state index is 0.0569. The average molecular weight is 471 g/mol. The Balaban J connectivity index is 1.37. The molecule has 35 heavy (non-hydrogen) atoms. The van der Waals surface area contributed by atoms with Gasteiger partial charge in [-0.2, -0.15) is 5.26 Å². The highest BCUT2D eigenvalue weighted by Crippen LogP contribution is 2.35. The van der Waals surface area contributed by atoms with Crippen molar-refractivity contribution in [2.75, 3.05) is 6.54 Å². The molecule has 1 fully saturated rings. The summed E-state index contributed by atoms with van der Waals surface area (Å²) in [6.07, 6.45) is 3.03. The topological polar surface area (TPSA) is 110 Å². The van der Waals surface area contributed by atoms with E-state index in [1.165, 1.54) is 0 Å². The van der Waals surface area contributed by atoms with E-state index in [-0.39, 0.29) is 24.1 Å². The van der Waals surface area contributed by atoms with Crippen molar-refractivity contribution in [1.29, 1.82) is 5.26 Å². The summed E-state index contributed by atoms with van der Waals surface area (Å²) < 4.78 is 12.5. The van der Waals surface area contributed by atoms with Gasteiger partial charge in [0.25, 0.3) is 5.56 Å². The third-order valence-corrected chi connectivity index (χ3v) is 6.82. The minimum Gasteiger partial charge on any atom is -0.445 e. The molecule has 1 amide bonds. The summed E-state index contributed by atoms with van der Waals surface area (Å²) in [5, 5.41) is 17.8. The van der Waals surface area contributed by atoms with Crippen LogP contribution in [0.2, 0.25) is 0 Å². The Morgan fingerprint density at radius 3 is 2.83 bits per heavy atom. The maximum absolute atomic E-state index is 13.6. The smallest absolute Gasteiger partial charge is 0.407 e. The van der Waals surface area contributed by atoms with Gasteiger partial charge in [-0.25, -0.2) is 4.79 Å². The predicted molar refractivity (Wildman–Crippen MR) is 131 cm³/mol. The largest absolute Gasteiger partial charge is 0.445 e. The van der Waals surface area contributed by atoms with E-state index in [2.05, 4.69) is 16.5 Å². The minimum atomic E-state index is -0.446. The van der Waals surface area contributed by atoms with Gasteiger partial charge in [0.2, 0.25) is 0 Å². The van der Waals surface area contributed by atoms with Crippen LogP contribution < -0.4 is 10.9 Å². The van der Waals surface area contributed by atoms with Gasteiger partial charge in [0, 0.05) is 18.0 Å². The lowest BCUT2D eigenvalue weighted by Gasteiger charge is -2.31. The number of aryl methyl sites for hydroxylation is 1. The molecule has 2 heterocycles. The number of ether oxygens (including phenoxy) is 1. The van der Waals surface area contributed by atoms with Gasteiger partial charge >= 0.3 is 6.09 Å². The lowest BCUT2D eigenvalue weighted by molar-refractivity contribution is 0.135. The number of pyridine rings is 1. The normalized spacial score (nSPS) is 17.8. The second kappa shape index (κ2) is 9.63. The zero-order chi connectivity index (χ0) is 24.4. The number of carbonyl (C=O) groups is 1. The van der Waals surface area contributed by atoms with Gasteiger partial charge in [0.15, 0.2) is 0 Å². The van der Waals surface area contributed by atoms with Gasteiger partial charge in [-0.15, -0.1) is 0 Å². The maximum atomic E-state index is 13.6. The number of nitrogens with one attached hydrogen (secondary N) is 1. The van der Waals surface area contributed by atoms with Gasteiger partial charge in [-0.3, -0.25) is 4.79 Å². The summed E-state index contributed by atoms with van der Waals surface area (Å²) in [6, 6.07) is 17.1. The standard InChI is InChI=1S/C27H26N4O4/c1-17-23-25(30-35-17)24-20(14-28)10-6-12-22(24)31(26(23)32)21-11-5-9-19(13-21)15-29-27(33)34-16-18-7-3-2-4-8-18/h2-4,6-8,10,12,19,21H,5,9,11,13,15-16H2,1H3,(H,29,33). The van der Waals surface area contributed by atoms with Crippen molar-refractivity contribution in [1.82, 2.24) is 15.0 Å². The van der Waals surface area contributed by atoms with Crippen LogP contribution in [0.1, 0.15) is 48.6 Å². The number of nitriles is 1. The molecule has 5 rings (SSSR count). The predicted octanol–water partition coefficient (Wildman–Crippen LogP) is 4.98. The van der Waals surface area contributed by atoms with E-state index in [9.17, 15) is 14.9 Å². The van der Waals surface area contributed by atoms with Gasteiger partial charge < -0.3 is 19.1 Å². The van der Waals surface area contributed by atoms with Crippen LogP contribution in [0.5, 0.6) is 0 Å². The molecule has 2 unspecified atom stereocenters. The Hall–Kier alpha value is -4.12. The van der Waals surface area contributed by atoms with Crippen LogP contribution in [0.3, 0.4) is 0 Å². The van der Waals surface area contributed by atoms with E-state index < -0.39 is 6.09 Å². The number of benzene rings is 2. The van der Waals surface area contributed by atoms with E-state index in [1.807, 2.05) is 41.0 Å². The van der Waals surface area contributed by atoms with E-state index >= 15 is 0 Å². The van der Waals surface area contributed by atoms with Crippen LogP contribution in [0.25, 0.3) is 21.8 Å². The highest BCUT2D eigenvalue weighted by Gasteiger charge is 2.28. The van der Waals surface area contributed by atoms with E-state index in [1.54, 1.807) is 19.1 Å². The molecule has 1 saturated carbocycles. The zero-order valence-electron chi connectivity index (χ0n) is 19.5. The molecule has 2 aromatic carbocycles. The molecule has 4 aromatic rings. The molecule has 8 nitrogen and oxygen atoms in total. The Bertz CT molecular complexity index is 1480. The fourth-order valence-corrected chi connectivity index (χ4v) is 5.15. The Kier molecular flexibility index (Phi) is 6.23. The first-order valence-corrected chi connectivity index (χ1v) is 11.8. The van der Waals surface area contributed by atoms with E-state index in [0.29, 0.717) is 39.7 Å². The third kappa shape index (κ3) is 4.37. The Morgan fingerprint density at radius 2 is 2.03 bits per heavy atom. The second-order valence-electron chi connectivity index (χ2n) is 9.08. The van der Waals surface area contributed by atoms with Gasteiger partial charge in [0.05, 0.1) is 17.1 Å². The molecule has 0 radical (unpaired) electrons. The fourth-order valence-electron chi connectivity index (χ4n) is 5.15. The lowest BCUT2D eigenvalue weighted by Crippen LogP contribution is -2.35. The van der Waals surface area contributed by atoms with Crippen LogP contribution in [-0.2, 0) is 11.3 Å². The molecule has 1 aliphatic rings. The third-order valence-electron chi connectivity index (χ3n) is 6.82. The maximum Gasteiger partial charge on any atom is 0.407 e. The monoisotopic (exact) mass is 470 g/mol. The Morgan fingerprint density at radius 1 is 1.20 bits per heavy atom. The summed E-state index contributed by atoms with van der Waals surface area (Å²) in [7, 11) is 0. The highest BCUT2D eigenvalue weighted by atomic mass is 16.5. The number of carbonyl (C=O) groups excluding carboxylic acids is 1. The first-order chi connectivity index (χ1) is 17.1. The van der Waals surface area contributed by atoms with E-state index in [4.69, 9.17) is 9.26 Å². The lowest BCUT2D eigenvalue weighted by atomic mass is 9.85. The molecule has 1 N–H and O–H groups in total.